The Bertz CT molecular complexity index is 147. The summed E-state index contributed by atoms with van der Waals surface area (Å²) < 4.78 is 4.81. The van der Waals surface area contributed by atoms with Crippen molar-refractivity contribution in [3.05, 3.63) is 36.8 Å². The predicted octanol–water partition coefficient (Wildman–Crippen LogP) is 1.18. The van der Waals surface area contributed by atoms with Crippen molar-refractivity contribution in [3.8, 4) is 0 Å². The van der Waals surface area contributed by atoms with Crippen LogP contribution < -0.4 is 5.73 Å². The number of nitrogens with two attached hydrogens (primary N) is 1. The molecule has 0 aliphatic rings. The molecular formula is C7H11NO. The highest BCUT2D eigenvalue weighted by Gasteiger charge is 1.85. The Morgan fingerprint density at radius 3 is 2.33 bits per heavy atom. The van der Waals surface area contributed by atoms with Crippen LogP contribution in [0.25, 0.3) is 0 Å². The van der Waals surface area contributed by atoms with E-state index in [2.05, 4.69) is 13.2 Å². The predicted molar refractivity (Wildman–Crippen MR) is 38.6 cm³/mol. The van der Waals surface area contributed by atoms with Crippen molar-refractivity contribution in [2.24, 2.45) is 5.73 Å². The molecule has 0 saturated carbocycles. The molecule has 0 saturated heterocycles. The maximum absolute atomic E-state index is 5.25. The van der Waals surface area contributed by atoms with Gasteiger partial charge in [-0.05, 0) is 6.08 Å². The Hall–Kier alpha value is -1.18. The molecule has 0 amide bonds. The molecule has 2 nitrogen and oxygen atoms in total. The zero-order valence-corrected chi connectivity index (χ0v) is 5.55. The average molecular weight is 125 g/mol. The second-order valence-corrected chi connectivity index (χ2v) is 1.53. The van der Waals surface area contributed by atoms with Crippen molar-refractivity contribution in [2.45, 2.75) is 0 Å². The third kappa shape index (κ3) is 3.41. The summed E-state index contributed by atoms with van der Waals surface area (Å²) in [7, 11) is 1.55. The van der Waals surface area contributed by atoms with Crippen LogP contribution in [0.3, 0.4) is 0 Å². The minimum atomic E-state index is 0.465. The number of hydrogen-bond acceptors (Lipinski definition) is 2. The number of allylic oxidation sites excluding steroid dienone is 2. The van der Waals surface area contributed by atoms with Gasteiger partial charge in [0, 0.05) is 11.8 Å². The van der Waals surface area contributed by atoms with Crippen LogP contribution >= 0.6 is 0 Å². The van der Waals surface area contributed by atoms with E-state index in [9.17, 15) is 0 Å². The molecule has 0 aliphatic heterocycles. The SMILES string of the molecule is C=C/C(=C\C(=C)N)OC. The van der Waals surface area contributed by atoms with E-state index < -0.39 is 0 Å². The van der Waals surface area contributed by atoms with Crippen molar-refractivity contribution < 1.29 is 4.74 Å². The summed E-state index contributed by atoms with van der Waals surface area (Å²) in [4.78, 5) is 0. The maximum Gasteiger partial charge on any atom is 0.120 e. The van der Waals surface area contributed by atoms with Crippen molar-refractivity contribution in [1.82, 2.24) is 0 Å². The monoisotopic (exact) mass is 125 g/mol. The van der Waals surface area contributed by atoms with Gasteiger partial charge in [-0.3, -0.25) is 0 Å². The van der Waals surface area contributed by atoms with Gasteiger partial charge in [-0.2, -0.15) is 0 Å². The number of ether oxygens (including phenoxy) is 1. The van der Waals surface area contributed by atoms with Gasteiger partial charge in [-0.25, -0.2) is 0 Å². The van der Waals surface area contributed by atoms with Crippen molar-refractivity contribution in [1.29, 1.82) is 0 Å². The lowest BCUT2D eigenvalue weighted by Crippen LogP contribution is -1.92. The minimum absolute atomic E-state index is 0.465. The van der Waals surface area contributed by atoms with Crippen molar-refractivity contribution >= 4 is 0 Å². The Labute approximate surface area is 55.3 Å². The molecule has 50 valence electrons. The summed E-state index contributed by atoms with van der Waals surface area (Å²) in [5.74, 6) is 0.627. The van der Waals surface area contributed by atoms with Gasteiger partial charge in [0.15, 0.2) is 0 Å². The molecule has 9 heavy (non-hydrogen) atoms. The van der Waals surface area contributed by atoms with E-state index in [0.717, 1.165) is 0 Å². The fourth-order valence-corrected chi connectivity index (χ4v) is 0.384. The Kier molecular flexibility index (Phi) is 3.28. The number of rotatable bonds is 3. The highest BCUT2D eigenvalue weighted by Crippen LogP contribution is 1.97. The van der Waals surface area contributed by atoms with E-state index in [0.29, 0.717) is 11.5 Å². The quantitative estimate of drug-likeness (QED) is 0.454. The second-order valence-electron chi connectivity index (χ2n) is 1.53. The first-order valence-electron chi connectivity index (χ1n) is 2.53. The number of methoxy groups -OCH3 is 1. The molecule has 0 radical (unpaired) electrons. The van der Waals surface area contributed by atoms with Gasteiger partial charge < -0.3 is 10.5 Å². The Balaban J connectivity index is 4.07. The molecule has 0 unspecified atom stereocenters. The van der Waals surface area contributed by atoms with Crippen molar-refractivity contribution in [3.63, 3.8) is 0 Å². The van der Waals surface area contributed by atoms with Crippen LogP contribution in [-0.2, 0) is 4.74 Å². The molecule has 0 atom stereocenters. The number of hydrogen-bond donors (Lipinski definition) is 1. The molecule has 0 aromatic heterocycles. The zero-order chi connectivity index (χ0) is 7.28. The van der Waals surface area contributed by atoms with E-state index in [1.54, 1.807) is 19.3 Å². The molecule has 0 aromatic carbocycles. The largest absolute Gasteiger partial charge is 0.497 e. The normalized spacial score (nSPS) is 10.6. The fourth-order valence-electron chi connectivity index (χ4n) is 0.384. The summed E-state index contributed by atoms with van der Waals surface area (Å²) in [6, 6.07) is 0. The Morgan fingerprint density at radius 1 is 1.67 bits per heavy atom. The van der Waals surface area contributed by atoms with Gasteiger partial charge in [-0.1, -0.05) is 13.2 Å². The lowest BCUT2D eigenvalue weighted by molar-refractivity contribution is 0.307. The molecule has 2 heteroatoms. The van der Waals surface area contributed by atoms with Gasteiger partial charge in [-0.15, -0.1) is 0 Å². The summed E-state index contributed by atoms with van der Waals surface area (Å²) >= 11 is 0. The van der Waals surface area contributed by atoms with Crippen LogP contribution in [0.15, 0.2) is 36.8 Å². The van der Waals surface area contributed by atoms with Crippen LogP contribution in [-0.4, -0.2) is 7.11 Å². The van der Waals surface area contributed by atoms with Crippen LogP contribution in [0, 0.1) is 0 Å². The maximum atomic E-state index is 5.25. The van der Waals surface area contributed by atoms with Crippen LogP contribution in [0.1, 0.15) is 0 Å². The van der Waals surface area contributed by atoms with Gasteiger partial charge in [0.1, 0.15) is 5.76 Å². The first-order valence-corrected chi connectivity index (χ1v) is 2.53. The Morgan fingerprint density at radius 2 is 2.22 bits per heavy atom. The highest BCUT2D eigenvalue weighted by molar-refractivity contribution is 5.20. The van der Waals surface area contributed by atoms with Crippen LogP contribution in [0.4, 0.5) is 0 Å². The smallest absolute Gasteiger partial charge is 0.120 e. The van der Waals surface area contributed by atoms with Gasteiger partial charge in [0.2, 0.25) is 0 Å². The summed E-state index contributed by atoms with van der Waals surface area (Å²) in [5.41, 5.74) is 5.71. The van der Waals surface area contributed by atoms with Crippen LogP contribution in [0.2, 0.25) is 0 Å². The molecular weight excluding hydrogens is 114 g/mol. The van der Waals surface area contributed by atoms with Crippen LogP contribution in [0.5, 0.6) is 0 Å². The van der Waals surface area contributed by atoms with Crippen molar-refractivity contribution in [2.75, 3.05) is 7.11 Å². The van der Waals surface area contributed by atoms with E-state index >= 15 is 0 Å². The summed E-state index contributed by atoms with van der Waals surface area (Å²) in [6.07, 6.45) is 3.17. The van der Waals surface area contributed by atoms with Gasteiger partial charge >= 0.3 is 0 Å². The molecule has 0 fully saturated rings. The molecule has 0 spiro atoms. The molecule has 0 heterocycles. The standard InChI is InChI=1S/C7H11NO/c1-4-7(9-3)5-6(2)8/h4-5H,1-2,8H2,3H3/b7-5+. The first-order chi connectivity index (χ1) is 4.20. The zero-order valence-electron chi connectivity index (χ0n) is 5.55. The average Bonchev–Trinajstić information content (AvgIpc) is 1.82. The lowest BCUT2D eigenvalue weighted by atomic mass is 10.4. The van der Waals surface area contributed by atoms with Gasteiger partial charge in [0.05, 0.1) is 7.11 Å². The lowest BCUT2D eigenvalue weighted by Gasteiger charge is -1.97. The summed E-state index contributed by atoms with van der Waals surface area (Å²) in [6.45, 7) is 6.96. The molecule has 0 bridgehead atoms. The topological polar surface area (TPSA) is 35.2 Å². The van der Waals surface area contributed by atoms with E-state index in [-0.39, 0.29) is 0 Å². The molecule has 0 aromatic rings. The minimum Gasteiger partial charge on any atom is -0.497 e. The second kappa shape index (κ2) is 3.78. The first kappa shape index (κ1) is 7.82. The van der Waals surface area contributed by atoms with Gasteiger partial charge in [0.25, 0.3) is 0 Å². The van der Waals surface area contributed by atoms with E-state index in [1.807, 2.05) is 0 Å². The highest BCUT2D eigenvalue weighted by atomic mass is 16.5. The third-order valence-electron chi connectivity index (χ3n) is 0.765. The third-order valence-corrected chi connectivity index (χ3v) is 0.765. The summed E-state index contributed by atoms with van der Waals surface area (Å²) in [5, 5.41) is 0. The molecule has 0 rings (SSSR count). The molecule has 0 aliphatic carbocycles. The molecule has 2 N–H and O–H groups in total. The van der Waals surface area contributed by atoms with E-state index in [4.69, 9.17) is 10.5 Å². The van der Waals surface area contributed by atoms with E-state index in [1.165, 1.54) is 0 Å². The fraction of sp³-hybridized carbons (Fsp3) is 0.143.